The van der Waals surface area contributed by atoms with Crippen molar-refractivity contribution >= 4 is 34.0 Å². The molecular formula is C22H21FN6S. The molecule has 0 aliphatic carbocycles. The third-order valence-corrected chi connectivity index (χ3v) is 6.45. The molecule has 0 spiro atoms. The second-order valence-electron chi connectivity index (χ2n) is 7.31. The lowest BCUT2D eigenvalue weighted by molar-refractivity contribution is 0.251. The summed E-state index contributed by atoms with van der Waals surface area (Å²) in [6.07, 6.45) is 1.55. The van der Waals surface area contributed by atoms with Crippen molar-refractivity contribution < 1.29 is 4.39 Å². The molecule has 1 saturated heterocycles. The number of nitrogen functional groups attached to an aromatic ring is 1. The Balaban J connectivity index is 1.26. The number of nitrogens with zero attached hydrogens (tertiary/aromatic N) is 5. The normalized spacial score (nSPS) is 15.0. The molecule has 2 N–H and O–H groups in total. The van der Waals surface area contributed by atoms with Crippen molar-refractivity contribution in [1.29, 1.82) is 0 Å². The number of pyridine rings is 1. The van der Waals surface area contributed by atoms with Crippen LogP contribution in [0.5, 0.6) is 0 Å². The Morgan fingerprint density at radius 3 is 2.63 bits per heavy atom. The fourth-order valence-electron chi connectivity index (χ4n) is 3.80. The van der Waals surface area contributed by atoms with E-state index < -0.39 is 0 Å². The van der Waals surface area contributed by atoms with Crippen LogP contribution < -0.4 is 10.6 Å². The molecule has 0 radical (unpaired) electrons. The highest BCUT2D eigenvalue weighted by molar-refractivity contribution is 7.15. The summed E-state index contributed by atoms with van der Waals surface area (Å²) in [6.45, 7) is 4.49. The van der Waals surface area contributed by atoms with Crippen LogP contribution in [0, 0.1) is 5.82 Å². The summed E-state index contributed by atoms with van der Waals surface area (Å²) in [5.41, 5.74) is 7.08. The minimum absolute atomic E-state index is 0.173. The topological polar surface area (TPSA) is 71.2 Å². The first kappa shape index (κ1) is 18.9. The van der Waals surface area contributed by atoms with Crippen LogP contribution in [0.15, 0.2) is 54.9 Å². The second-order valence-corrected chi connectivity index (χ2v) is 8.48. The average molecular weight is 421 g/mol. The van der Waals surface area contributed by atoms with E-state index in [2.05, 4.69) is 30.8 Å². The Bertz CT molecular complexity index is 1190. The molecule has 0 bridgehead atoms. The summed E-state index contributed by atoms with van der Waals surface area (Å²) >= 11 is 1.66. The number of fused-ring (bicyclic) bond motifs is 1. The monoisotopic (exact) mass is 420 g/mol. The molecule has 8 heteroatoms. The third-order valence-electron chi connectivity index (χ3n) is 5.35. The molecule has 1 aliphatic heterocycles. The summed E-state index contributed by atoms with van der Waals surface area (Å²) in [6, 6.07) is 14.8. The zero-order valence-corrected chi connectivity index (χ0v) is 17.1. The SMILES string of the molecule is Nc1ccc2c(N3CCN(Cc4ccc(-c5ccccc5F)s4)CC3)ncnc2n1. The van der Waals surface area contributed by atoms with Crippen molar-refractivity contribution in [2.75, 3.05) is 36.8 Å². The van der Waals surface area contributed by atoms with Crippen LogP contribution in [0.3, 0.4) is 0 Å². The van der Waals surface area contributed by atoms with Gasteiger partial charge in [-0.1, -0.05) is 18.2 Å². The Kier molecular flexibility index (Phi) is 5.02. The summed E-state index contributed by atoms with van der Waals surface area (Å²) in [4.78, 5) is 19.9. The van der Waals surface area contributed by atoms with Crippen LogP contribution in [0.4, 0.5) is 16.0 Å². The maximum Gasteiger partial charge on any atom is 0.166 e. The van der Waals surface area contributed by atoms with Gasteiger partial charge in [-0.2, -0.15) is 0 Å². The highest BCUT2D eigenvalue weighted by Gasteiger charge is 2.21. The summed E-state index contributed by atoms with van der Waals surface area (Å²) in [5.74, 6) is 1.20. The summed E-state index contributed by atoms with van der Waals surface area (Å²) in [5, 5.41) is 0.924. The number of benzene rings is 1. The number of thiophene rings is 1. The number of nitrogens with two attached hydrogens (primary N) is 1. The van der Waals surface area contributed by atoms with Crippen LogP contribution in [-0.2, 0) is 6.54 Å². The van der Waals surface area contributed by atoms with Crippen molar-refractivity contribution in [2.24, 2.45) is 0 Å². The lowest BCUT2D eigenvalue weighted by Gasteiger charge is -2.35. The third kappa shape index (κ3) is 3.71. The molecule has 3 aromatic heterocycles. The highest BCUT2D eigenvalue weighted by atomic mass is 32.1. The second kappa shape index (κ2) is 7.97. The largest absolute Gasteiger partial charge is 0.384 e. The molecular weight excluding hydrogens is 399 g/mol. The summed E-state index contributed by atoms with van der Waals surface area (Å²) < 4.78 is 14.0. The number of aromatic nitrogens is 3. The van der Waals surface area contributed by atoms with Crippen LogP contribution in [0.2, 0.25) is 0 Å². The molecule has 1 aliphatic rings. The number of hydrogen-bond acceptors (Lipinski definition) is 7. The first-order valence-electron chi connectivity index (χ1n) is 9.85. The van der Waals surface area contributed by atoms with Gasteiger partial charge in [0.15, 0.2) is 5.65 Å². The molecule has 4 heterocycles. The predicted octanol–water partition coefficient (Wildman–Crippen LogP) is 3.80. The smallest absolute Gasteiger partial charge is 0.166 e. The number of hydrogen-bond donors (Lipinski definition) is 1. The molecule has 0 unspecified atom stereocenters. The molecule has 152 valence electrons. The van der Waals surface area contributed by atoms with E-state index in [1.165, 1.54) is 10.9 Å². The average Bonchev–Trinajstić information content (AvgIpc) is 3.22. The minimum Gasteiger partial charge on any atom is -0.384 e. The van der Waals surface area contributed by atoms with Gasteiger partial charge in [-0.05, 0) is 30.3 Å². The van der Waals surface area contributed by atoms with Gasteiger partial charge >= 0.3 is 0 Å². The van der Waals surface area contributed by atoms with Gasteiger partial charge in [0.25, 0.3) is 0 Å². The molecule has 0 atom stereocenters. The lowest BCUT2D eigenvalue weighted by atomic mass is 10.2. The van der Waals surface area contributed by atoms with Gasteiger partial charge in [0.2, 0.25) is 0 Å². The molecule has 6 nitrogen and oxygen atoms in total. The molecule has 1 aromatic carbocycles. The van der Waals surface area contributed by atoms with Crippen molar-refractivity contribution in [1.82, 2.24) is 19.9 Å². The maximum absolute atomic E-state index is 14.0. The van der Waals surface area contributed by atoms with E-state index in [1.807, 2.05) is 24.3 Å². The number of halogens is 1. The quantitative estimate of drug-likeness (QED) is 0.542. The predicted molar refractivity (Wildman–Crippen MR) is 119 cm³/mol. The first-order valence-corrected chi connectivity index (χ1v) is 10.7. The standard InChI is InChI=1S/C22H21FN6S/c23-18-4-2-1-3-16(18)19-7-5-15(30-19)13-28-9-11-29(12-10-28)22-17-6-8-20(24)27-21(17)25-14-26-22/h1-8,14H,9-13H2,(H2,24,25,26,27). The van der Waals surface area contributed by atoms with Crippen LogP contribution in [0.25, 0.3) is 21.5 Å². The van der Waals surface area contributed by atoms with Gasteiger partial charge in [-0.15, -0.1) is 11.3 Å². The van der Waals surface area contributed by atoms with E-state index in [0.717, 1.165) is 48.8 Å². The summed E-state index contributed by atoms with van der Waals surface area (Å²) in [7, 11) is 0. The fraction of sp³-hybridized carbons (Fsp3) is 0.227. The highest BCUT2D eigenvalue weighted by Crippen LogP contribution is 2.31. The van der Waals surface area contributed by atoms with Crippen molar-refractivity contribution in [2.45, 2.75) is 6.54 Å². The molecule has 4 aromatic rings. The van der Waals surface area contributed by atoms with E-state index in [4.69, 9.17) is 5.73 Å². The number of anilines is 2. The van der Waals surface area contributed by atoms with E-state index in [1.54, 1.807) is 29.8 Å². The maximum atomic E-state index is 14.0. The molecule has 5 rings (SSSR count). The van der Waals surface area contributed by atoms with Crippen molar-refractivity contribution in [3.8, 4) is 10.4 Å². The minimum atomic E-state index is -0.173. The van der Waals surface area contributed by atoms with Crippen LogP contribution in [0.1, 0.15) is 4.88 Å². The van der Waals surface area contributed by atoms with E-state index >= 15 is 0 Å². The van der Waals surface area contributed by atoms with Gasteiger partial charge < -0.3 is 10.6 Å². The number of piperazine rings is 1. The Morgan fingerprint density at radius 2 is 1.80 bits per heavy atom. The van der Waals surface area contributed by atoms with Gasteiger partial charge in [-0.3, -0.25) is 4.90 Å². The number of rotatable bonds is 4. The van der Waals surface area contributed by atoms with E-state index in [9.17, 15) is 4.39 Å². The Labute approximate surface area is 177 Å². The van der Waals surface area contributed by atoms with E-state index in [-0.39, 0.29) is 5.82 Å². The van der Waals surface area contributed by atoms with Gasteiger partial charge in [0.05, 0.1) is 5.39 Å². The van der Waals surface area contributed by atoms with Gasteiger partial charge in [0, 0.05) is 48.0 Å². The molecule has 0 saturated carbocycles. The fourth-order valence-corrected chi connectivity index (χ4v) is 4.88. The first-order chi connectivity index (χ1) is 14.7. The molecule has 0 amide bonds. The Hall–Kier alpha value is -3.10. The molecule has 1 fully saturated rings. The van der Waals surface area contributed by atoms with E-state index in [0.29, 0.717) is 17.0 Å². The van der Waals surface area contributed by atoms with Crippen LogP contribution in [-0.4, -0.2) is 46.0 Å². The molecule has 30 heavy (non-hydrogen) atoms. The zero-order valence-electron chi connectivity index (χ0n) is 16.3. The van der Waals surface area contributed by atoms with Crippen molar-refractivity contribution in [3.05, 3.63) is 65.6 Å². The van der Waals surface area contributed by atoms with Crippen molar-refractivity contribution in [3.63, 3.8) is 0 Å². The van der Waals surface area contributed by atoms with Gasteiger partial charge in [0.1, 0.15) is 23.8 Å². The van der Waals surface area contributed by atoms with Gasteiger partial charge in [-0.25, -0.2) is 19.3 Å². The van der Waals surface area contributed by atoms with Crippen LogP contribution >= 0.6 is 11.3 Å². The zero-order chi connectivity index (χ0) is 20.5. The Morgan fingerprint density at radius 1 is 0.967 bits per heavy atom. The lowest BCUT2D eigenvalue weighted by Crippen LogP contribution is -2.46.